The van der Waals surface area contributed by atoms with E-state index < -0.39 is 0 Å². The first-order valence-electron chi connectivity index (χ1n) is 4.48. The normalized spacial score (nSPS) is 15.8. The van der Waals surface area contributed by atoms with Crippen molar-refractivity contribution in [2.24, 2.45) is 0 Å². The number of aromatic nitrogens is 1. The molecule has 3 nitrogen and oxygen atoms in total. The van der Waals surface area contributed by atoms with E-state index >= 15 is 0 Å². The zero-order valence-corrected chi connectivity index (χ0v) is 8.56. The lowest BCUT2D eigenvalue weighted by atomic mass is 10.3. The van der Waals surface area contributed by atoms with Crippen LogP contribution in [0.1, 0.15) is 12.0 Å². The summed E-state index contributed by atoms with van der Waals surface area (Å²) in [4.78, 5) is 4.81. The molecule has 0 aliphatic carbocycles. The van der Waals surface area contributed by atoms with Gasteiger partial charge in [0, 0.05) is 25.0 Å². The maximum atomic E-state index is 4.81. The van der Waals surface area contributed by atoms with Crippen molar-refractivity contribution in [2.45, 2.75) is 24.5 Å². The summed E-state index contributed by atoms with van der Waals surface area (Å²) in [5.41, 5.74) is 4.15. The van der Waals surface area contributed by atoms with E-state index in [1.165, 1.54) is 22.8 Å². The Balaban J connectivity index is 2.07. The largest absolute Gasteiger partial charge is 0.342 e. The van der Waals surface area contributed by atoms with Crippen molar-refractivity contribution in [1.29, 1.82) is 0 Å². The summed E-state index contributed by atoms with van der Waals surface area (Å²) in [5, 5.41) is 1.39. The van der Waals surface area contributed by atoms with Gasteiger partial charge in [0.25, 0.3) is 0 Å². The van der Waals surface area contributed by atoms with Crippen LogP contribution in [0, 0.1) is 0 Å². The molecule has 4 heteroatoms. The van der Waals surface area contributed by atoms with E-state index in [0.717, 1.165) is 13.1 Å². The van der Waals surface area contributed by atoms with Gasteiger partial charge in [-0.25, -0.2) is 0 Å². The molecule has 0 saturated carbocycles. The molecule has 0 saturated heterocycles. The van der Waals surface area contributed by atoms with Crippen LogP contribution in [0.15, 0.2) is 17.3 Å². The van der Waals surface area contributed by atoms with Crippen molar-refractivity contribution in [2.75, 3.05) is 12.9 Å². The second-order valence-electron chi connectivity index (χ2n) is 3.11. The van der Waals surface area contributed by atoms with Gasteiger partial charge < -0.3 is 9.40 Å². The van der Waals surface area contributed by atoms with Crippen molar-refractivity contribution in [3.05, 3.63) is 17.8 Å². The van der Waals surface area contributed by atoms with E-state index in [1.807, 2.05) is 11.8 Å². The Labute approximate surface area is 82.4 Å². The lowest BCUT2D eigenvalue weighted by molar-refractivity contribution is 0.0867. The number of fused-ring (bicyclic) bond motifs is 1. The minimum atomic E-state index is 0.789. The molecule has 0 atom stereocenters. The zero-order chi connectivity index (χ0) is 9.10. The number of thioether (sulfide) groups is 1. The first kappa shape index (κ1) is 9.12. The Morgan fingerprint density at radius 2 is 2.62 bits per heavy atom. The van der Waals surface area contributed by atoms with Gasteiger partial charge in [-0.1, -0.05) is 0 Å². The number of aryl methyl sites for hydroxylation is 1. The number of hydrogen-bond donors (Lipinski definition) is 1. The summed E-state index contributed by atoms with van der Waals surface area (Å²) in [6, 6.07) is 2.23. The van der Waals surface area contributed by atoms with Crippen LogP contribution in [0.25, 0.3) is 0 Å². The molecule has 0 radical (unpaired) electrons. The number of hydrogen-bond acceptors (Lipinski definition) is 3. The standard InChI is InChI=1S/C9H14N2OS/c1-12-10-6-8-5-9-11(7-8)3-2-4-13-9/h5,7,10H,2-4,6H2,1H3. The Kier molecular flexibility index (Phi) is 2.93. The quantitative estimate of drug-likeness (QED) is 0.748. The highest BCUT2D eigenvalue weighted by atomic mass is 32.2. The molecule has 1 aliphatic heterocycles. The van der Waals surface area contributed by atoms with E-state index in [0.29, 0.717) is 0 Å². The van der Waals surface area contributed by atoms with Gasteiger partial charge >= 0.3 is 0 Å². The molecule has 2 heterocycles. The SMILES string of the molecule is CONCc1cc2n(c1)CCCS2. The van der Waals surface area contributed by atoms with Gasteiger partial charge in [0.1, 0.15) is 0 Å². The molecular formula is C9H14N2OS. The highest BCUT2D eigenvalue weighted by molar-refractivity contribution is 7.99. The topological polar surface area (TPSA) is 26.2 Å². The van der Waals surface area contributed by atoms with E-state index in [-0.39, 0.29) is 0 Å². The third-order valence-corrected chi connectivity index (χ3v) is 3.27. The average molecular weight is 198 g/mol. The van der Waals surface area contributed by atoms with Crippen LogP contribution in [0.5, 0.6) is 0 Å². The van der Waals surface area contributed by atoms with Crippen molar-refractivity contribution in [3.63, 3.8) is 0 Å². The Hall–Kier alpha value is -0.450. The van der Waals surface area contributed by atoms with Crippen LogP contribution in [0.4, 0.5) is 0 Å². The van der Waals surface area contributed by atoms with Gasteiger partial charge in [-0.05, 0) is 18.1 Å². The molecule has 72 valence electrons. The molecule has 1 aliphatic rings. The third-order valence-electron chi connectivity index (χ3n) is 2.13. The highest BCUT2D eigenvalue weighted by Gasteiger charge is 2.10. The Morgan fingerprint density at radius 1 is 1.69 bits per heavy atom. The fraction of sp³-hybridized carbons (Fsp3) is 0.556. The maximum absolute atomic E-state index is 4.81. The molecule has 1 N–H and O–H groups in total. The third kappa shape index (κ3) is 2.07. The van der Waals surface area contributed by atoms with Crippen LogP contribution >= 0.6 is 11.8 Å². The molecular weight excluding hydrogens is 184 g/mol. The number of nitrogens with zero attached hydrogens (tertiary/aromatic N) is 1. The lowest BCUT2D eigenvalue weighted by Crippen LogP contribution is -2.10. The van der Waals surface area contributed by atoms with Gasteiger partial charge in [-0.2, -0.15) is 5.48 Å². The van der Waals surface area contributed by atoms with Crippen LogP contribution in [0.3, 0.4) is 0 Å². The number of nitrogens with one attached hydrogen (secondary N) is 1. The van der Waals surface area contributed by atoms with Gasteiger partial charge in [-0.15, -0.1) is 11.8 Å². The first-order chi connectivity index (χ1) is 6.40. The van der Waals surface area contributed by atoms with Crippen LogP contribution in [-0.4, -0.2) is 17.4 Å². The van der Waals surface area contributed by atoms with Crippen LogP contribution < -0.4 is 5.48 Å². The fourth-order valence-electron chi connectivity index (χ4n) is 1.51. The van der Waals surface area contributed by atoms with Crippen molar-refractivity contribution in [1.82, 2.24) is 10.0 Å². The summed E-state index contributed by atoms with van der Waals surface area (Å²) >= 11 is 1.94. The summed E-state index contributed by atoms with van der Waals surface area (Å²) in [6.45, 7) is 1.95. The molecule has 0 fully saturated rings. The second kappa shape index (κ2) is 4.17. The minimum Gasteiger partial charge on any atom is -0.342 e. The molecule has 1 aromatic rings. The zero-order valence-electron chi connectivity index (χ0n) is 7.75. The van der Waals surface area contributed by atoms with E-state index in [2.05, 4.69) is 22.3 Å². The van der Waals surface area contributed by atoms with Crippen molar-refractivity contribution in [3.8, 4) is 0 Å². The summed E-state index contributed by atoms with van der Waals surface area (Å²) < 4.78 is 2.32. The van der Waals surface area contributed by atoms with Crippen molar-refractivity contribution >= 4 is 11.8 Å². The number of hydroxylamine groups is 1. The molecule has 2 rings (SSSR count). The van der Waals surface area contributed by atoms with Crippen molar-refractivity contribution < 1.29 is 4.84 Å². The van der Waals surface area contributed by atoms with Gasteiger partial charge in [-0.3, -0.25) is 0 Å². The predicted molar refractivity (Wildman–Crippen MR) is 53.6 cm³/mol. The first-order valence-corrected chi connectivity index (χ1v) is 5.46. The molecule has 0 amide bonds. The Bertz CT molecular complexity index is 262. The minimum absolute atomic E-state index is 0.789. The molecule has 13 heavy (non-hydrogen) atoms. The number of rotatable bonds is 3. The van der Waals surface area contributed by atoms with Crippen LogP contribution in [0.2, 0.25) is 0 Å². The van der Waals surface area contributed by atoms with E-state index in [4.69, 9.17) is 4.84 Å². The summed E-state index contributed by atoms with van der Waals surface area (Å²) in [6.07, 6.45) is 3.48. The fourth-order valence-corrected chi connectivity index (χ4v) is 2.53. The lowest BCUT2D eigenvalue weighted by Gasteiger charge is -2.13. The monoisotopic (exact) mass is 198 g/mol. The molecule has 0 spiro atoms. The maximum Gasteiger partial charge on any atom is 0.0751 e. The summed E-state index contributed by atoms with van der Waals surface area (Å²) in [5.74, 6) is 1.25. The van der Waals surface area contributed by atoms with Gasteiger partial charge in [0.2, 0.25) is 0 Å². The van der Waals surface area contributed by atoms with Crippen LogP contribution in [-0.2, 0) is 17.9 Å². The summed E-state index contributed by atoms with van der Waals surface area (Å²) in [7, 11) is 1.64. The smallest absolute Gasteiger partial charge is 0.0751 e. The van der Waals surface area contributed by atoms with Gasteiger partial charge in [0.05, 0.1) is 12.1 Å². The predicted octanol–water partition coefficient (Wildman–Crippen LogP) is 1.63. The average Bonchev–Trinajstić information content (AvgIpc) is 2.57. The molecule has 1 aromatic heterocycles. The molecule has 0 aromatic carbocycles. The van der Waals surface area contributed by atoms with E-state index in [1.54, 1.807) is 7.11 Å². The Morgan fingerprint density at radius 3 is 3.38 bits per heavy atom. The molecule has 0 bridgehead atoms. The van der Waals surface area contributed by atoms with Gasteiger partial charge in [0.15, 0.2) is 0 Å². The van der Waals surface area contributed by atoms with E-state index in [9.17, 15) is 0 Å². The highest BCUT2D eigenvalue weighted by Crippen LogP contribution is 2.26. The second-order valence-corrected chi connectivity index (χ2v) is 4.22. The molecule has 0 unspecified atom stereocenters.